The maximum Gasteiger partial charge on any atom is 0.184 e. The van der Waals surface area contributed by atoms with Crippen molar-refractivity contribution in [1.82, 2.24) is 0 Å². The quantitative estimate of drug-likeness (QED) is 0.634. The molecule has 0 N–H and O–H groups in total. The molecular weight excluding hydrogens is 184 g/mol. The smallest absolute Gasteiger partial charge is 0.184 e. The van der Waals surface area contributed by atoms with Crippen LogP contribution in [0.25, 0.3) is 0 Å². The zero-order chi connectivity index (χ0) is 11.3. The van der Waals surface area contributed by atoms with Gasteiger partial charge in [-0.05, 0) is 42.7 Å². The molecule has 1 fully saturated rings. The lowest BCUT2D eigenvalue weighted by molar-refractivity contribution is -0.111. The number of Topliss-reactive ketones (excluding diaryl/α,β-unsaturated/α-hetero) is 1. The largest absolute Gasteiger partial charge is 0.289 e. The van der Waals surface area contributed by atoms with Gasteiger partial charge in [-0.15, -0.1) is 0 Å². The van der Waals surface area contributed by atoms with E-state index < -0.39 is 0 Å². The summed E-state index contributed by atoms with van der Waals surface area (Å²) in [5.41, 5.74) is 2.10. The molecule has 84 valence electrons. The lowest BCUT2D eigenvalue weighted by atomic mass is 10.1. The summed E-state index contributed by atoms with van der Waals surface area (Å²) in [6, 6.07) is 0. The Bertz CT molecular complexity index is 282. The van der Waals surface area contributed by atoms with E-state index in [0.717, 1.165) is 43.3 Å². The molecule has 1 nitrogen and oxygen atoms in total. The molecule has 0 radical (unpaired) electrons. The minimum absolute atomic E-state index is 0.309. The van der Waals surface area contributed by atoms with Crippen LogP contribution in [0.3, 0.4) is 0 Å². The molecule has 0 heterocycles. The number of carbonyl (C=O) groups excluding carboxylic acids is 1. The van der Waals surface area contributed by atoms with Crippen LogP contribution >= 0.6 is 0 Å². The maximum atomic E-state index is 11.9. The van der Waals surface area contributed by atoms with Crippen LogP contribution in [0.2, 0.25) is 0 Å². The van der Waals surface area contributed by atoms with Gasteiger partial charge in [0.25, 0.3) is 0 Å². The van der Waals surface area contributed by atoms with Crippen molar-refractivity contribution in [2.24, 2.45) is 5.92 Å². The highest BCUT2D eigenvalue weighted by atomic mass is 16.1. The van der Waals surface area contributed by atoms with Gasteiger partial charge in [0.15, 0.2) is 5.78 Å². The Morgan fingerprint density at radius 3 is 2.33 bits per heavy atom. The van der Waals surface area contributed by atoms with Crippen molar-refractivity contribution < 1.29 is 4.79 Å². The van der Waals surface area contributed by atoms with Crippen LogP contribution in [0.4, 0.5) is 0 Å². The fourth-order valence-corrected chi connectivity index (χ4v) is 1.79. The van der Waals surface area contributed by atoms with Gasteiger partial charge in [0.1, 0.15) is 0 Å². The van der Waals surface area contributed by atoms with E-state index in [9.17, 15) is 4.79 Å². The van der Waals surface area contributed by atoms with Crippen LogP contribution in [-0.2, 0) is 4.79 Å². The third-order valence-electron chi connectivity index (χ3n) is 2.76. The SMILES string of the molecule is CCCC=C1CCC(=CCC(C)C)C1=O. The first kappa shape index (κ1) is 12.2. The minimum Gasteiger partial charge on any atom is -0.289 e. The highest BCUT2D eigenvalue weighted by Crippen LogP contribution is 2.27. The minimum atomic E-state index is 0.309. The Kier molecular flexibility index (Phi) is 4.80. The second-order valence-electron chi connectivity index (χ2n) is 4.71. The van der Waals surface area contributed by atoms with Crippen molar-refractivity contribution in [1.29, 1.82) is 0 Å². The van der Waals surface area contributed by atoms with Gasteiger partial charge in [0.2, 0.25) is 0 Å². The molecule has 1 aliphatic rings. The molecule has 0 aromatic heterocycles. The van der Waals surface area contributed by atoms with Crippen molar-refractivity contribution in [3.8, 4) is 0 Å². The second-order valence-corrected chi connectivity index (χ2v) is 4.71. The molecule has 0 atom stereocenters. The third-order valence-corrected chi connectivity index (χ3v) is 2.76. The lowest BCUT2D eigenvalue weighted by Crippen LogP contribution is -1.96. The normalized spacial score (nSPS) is 22.3. The van der Waals surface area contributed by atoms with Gasteiger partial charge in [-0.1, -0.05) is 39.3 Å². The predicted molar refractivity (Wildman–Crippen MR) is 64.8 cm³/mol. The maximum absolute atomic E-state index is 11.9. The van der Waals surface area contributed by atoms with E-state index in [2.05, 4.69) is 32.9 Å². The van der Waals surface area contributed by atoms with Crippen LogP contribution < -0.4 is 0 Å². The summed E-state index contributed by atoms with van der Waals surface area (Å²) in [5.74, 6) is 0.957. The molecule has 1 rings (SSSR count). The van der Waals surface area contributed by atoms with Gasteiger partial charge < -0.3 is 0 Å². The predicted octanol–water partition coefficient (Wildman–Crippen LogP) is 4.05. The number of allylic oxidation sites excluding steroid dienone is 4. The van der Waals surface area contributed by atoms with Crippen molar-refractivity contribution in [3.63, 3.8) is 0 Å². The molecule has 1 saturated carbocycles. The molecule has 0 spiro atoms. The summed E-state index contributed by atoms with van der Waals surface area (Å²) < 4.78 is 0. The second kappa shape index (κ2) is 5.89. The third kappa shape index (κ3) is 3.65. The van der Waals surface area contributed by atoms with Gasteiger partial charge >= 0.3 is 0 Å². The molecule has 0 bridgehead atoms. The van der Waals surface area contributed by atoms with Crippen molar-refractivity contribution in [2.75, 3.05) is 0 Å². The van der Waals surface area contributed by atoms with Crippen LogP contribution in [0.1, 0.15) is 52.9 Å². The van der Waals surface area contributed by atoms with Gasteiger partial charge in [-0.2, -0.15) is 0 Å². The molecular formula is C14H22O. The standard InChI is InChI=1S/C14H22O/c1-4-5-6-12-9-10-13(14(12)15)8-7-11(2)3/h6,8,11H,4-5,7,9-10H2,1-3H3. The topological polar surface area (TPSA) is 17.1 Å². The molecule has 15 heavy (non-hydrogen) atoms. The number of ketones is 1. The number of carbonyl (C=O) groups is 1. The molecule has 0 amide bonds. The van der Waals surface area contributed by atoms with E-state index in [-0.39, 0.29) is 0 Å². The van der Waals surface area contributed by atoms with E-state index in [1.54, 1.807) is 0 Å². The highest BCUT2D eigenvalue weighted by molar-refractivity contribution is 6.10. The monoisotopic (exact) mass is 206 g/mol. The molecule has 0 saturated heterocycles. The Morgan fingerprint density at radius 1 is 1.20 bits per heavy atom. The first-order chi connectivity index (χ1) is 7.15. The first-order valence-electron chi connectivity index (χ1n) is 6.08. The van der Waals surface area contributed by atoms with Crippen LogP contribution in [0.15, 0.2) is 23.3 Å². The number of rotatable bonds is 4. The molecule has 1 heteroatoms. The fraction of sp³-hybridized carbons (Fsp3) is 0.643. The fourth-order valence-electron chi connectivity index (χ4n) is 1.79. The van der Waals surface area contributed by atoms with Crippen LogP contribution in [0, 0.1) is 5.92 Å². The van der Waals surface area contributed by atoms with E-state index >= 15 is 0 Å². The summed E-state index contributed by atoms with van der Waals surface area (Å²) >= 11 is 0. The lowest BCUT2D eigenvalue weighted by Gasteiger charge is -1.99. The van der Waals surface area contributed by atoms with E-state index in [1.807, 2.05) is 0 Å². The summed E-state index contributed by atoms with van der Waals surface area (Å²) in [6.07, 6.45) is 9.38. The summed E-state index contributed by atoms with van der Waals surface area (Å²) in [6.45, 7) is 6.51. The summed E-state index contributed by atoms with van der Waals surface area (Å²) in [4.78, 5) is 11.9. The number of hydrogen-bond acceptors (Lipinski definition) is 1. The summed E-state index contributed by atoms with van der Waals surface area (Å²) in [7, 11) is 0. The highest BCUT2D eigenvalue weighted by Gasteiger charge is 2.21. The van der Waals surface area contributed by atoms with Crippen molar-refractivity contribution in [3.05, 3.63) is 23.3 Å². The number of unbranched alkanes of at least 4 members (excludes halogenated alkanes) is 1. The van der Waals surface area contributed by atoms with Gasteiger partial charge in [0.05, 0.1) is 0 Å². The molecule has 1 aliphatic carbocycles. The van der Waals surface area contributed by atoms with Gasteiger partial charge in [-0.3, -0.25) is 4.79 Å². The summed E-state index contributed by atoms with van der Waals surface area (Å²) in [5, 5.41) is 0. The van der Waals surface area contributed by atoms with Crippen molar-refractivity contribution >= 4 is 5.78 Å². The number of hydrogen-bond donors (Lipinski definition) is 0. The van der Waals surface area contributed by atoms with Crippen LogP contribution in [0.5, 0.6) is 0 Å². The Labute approximate surface area is 93.3 Å². The average Bonchev–Trinajstić information content (AvgIpc) is 2.54. The van der Waals surface area contributed by atoms with E-state index in [4.69, 9.17) is 0 Å². The first-order valence-corrected chi connectivity index (χ1v) is 6.08. The molecule has 0 unspecified atom stereocenters. The molecule has 0 aromatic carbocycles. The Balaban J connectivity index is 2.60. The average molecular weight is 206 g/mol. The van der Waals surface area contributed by atoms with E-state index in [0.29, 0.717) is 11.7 Å². The van der Waals surface area contributed by atoms with Gasteiger partial charge in [0, 0.05) is 0 Å². The molecule has 0 aromatic rings. The zero-order valence-corrected chi connectivity index (χ0v) is 10.2. The Morgan fingerprint density at radius 2 is 1.80 bits per heavy atom. The molecule has 0 aliphatic heterocycles. The van der Waals surface area contributed by atoms with E-state index in [1.165, 1.54) is 0 Å². The van der Waals surface area contributed by atoms with Crippen molar-refractivity contribution in [2.45, 2.75) is 52.9 Å². The van der Waals surface area contributed by atoms with Crippen LogP contribution in [-0.4, -0.2) is 5.78 Å². The van der Waals surface area contributed by atoms with Gasteiger partial charge in [-0.25, -0.2) is 0 Å². The zero-order valence-electron chi connectivity index (χ0n) is 10.2. The Hall–Kier alpha value is -0.850.